The molecule has 7 nitrogen and oxygen atoms in total. The van der Waals surface area contributed by atoms with E-state index >= 15 is 0 Å². The summed E-state index contributed by atoms with van der Waals surface area (Å²) in [6.07, 6.45) is 0. The smallest absolute Gasteiger partial charge is 0.243 e. The molecule has 0 aliphatic rings. The molecular weight excluding hydrogens is 396 g/mol. The van der Waals surface area contributed by atoms with Crippen LogP contribution >= 0.6 is 27.7 Å². The number of nitrogens with zero attached hydrogens (tertiary/aromatic N) is 2. The topological polar surface area (TPSA) is 97.1 Å². The second-order valence-corrected chi connectivity index (χ2v) is 6.85. The number of amides is 2. The van der Waals surface area contributed by atoms with Crippen molar-refractivity contribution in [1.29, 1.82) is 0 Å². The van der Waals surface area contributed by atoms with Gasteiger partial charge in [-0.1, -0.05) is 21.1 Å². The van der Waals surface area contributed by atoms with Crippen molar-refractivity contribution in [2.45, 2.75) is 19.6 Å². The first-order valence-corrected chi connectivity index (χ1v) is 9.08. The lowest BCUT2D eigenvalue weighted by atomic mass is 10.2. The lowest BCUT2D eigenvalue weighted by Crippen LogP contribution is -2.33. The lowest BCUT2D eigenvalue weighted by Gasteiger charge is -2.08. The Labute approximate surface area is 152 Å². The quantitative estimate of drug-likeness (QED) is 0.724. The van der Waals surface area contributed by atoms with Crippen LogP contribution in [0, 0.1) is 13.8 Å². The van der Waals surface area contributed by atoms with E-state index in [-0.39, 0.29) is 24.1 Å². The number of halogens is 1. The molecule has 2 rings (SSSR count). The Kier molecular flexibility index (Phi) is 6.80. The van der Waals surface area contributed by atoms with Crippen molar-refractivity contribution in [1.82, 2.24) is 15.5 Å². The van der Waals surface area contributed by atoms with Crippen molar-refractivity contribution in [3.8, 4) is 0 Å². The summed E-state index contributed by atoms with van der Waals surface area (Å²) < 4.78 is 5.82. The molecule has 2 aromatic rings. The molecule has 0 saturated heterocycles. The van der Waals surface area contributed by atoms with Crippen molar-refractivity contribution in [2.24, 2.45) is 0 Å². The van der Waals surface area contributed by atoms with Gasteiger partial charge in [-0.25, -0.2) is 0 Å². The number of benzene rings is 1. The molecule has 0 saturated carbocycles. The van der Waals surface area contributed by atoms with Crippen LogP contribution in [-0.4, -0.2) is 34.3 Å². The SMILES string of the molecule is Cc1nc(CSCC(=O)NCC(=O)Nc2ccc(Br)c(C)c2)no1. The van der Waals surface area contributed by atoms with Gasteiger partial charge in [-0.2, -0.15) is 4.98 Å². The number of thioether (sulfide) groups is 1. The first-order valence-electron chi connectivity index (χ1n) is 7.13. The molecule has 0 aliphatic carbocycles. The second kappa shape index (κ2) is 8.84. The predicted molar refractivity (Wildman–Crippen MR) is 95.7 cm³/mol. The zero-order valence-electron chi connectivity index (χ0n) is 13.3. The molecule has 9 heteroatoms. The van der Waals surface area contributed by atoms with Gasteiger partial charge in [-0.15, -0.1) is 11.8 Å². The molecule has 0 aliphatic heterocycles. The summed E-state index contributed by atoms with van der Waals surface area (Å²) in [5.41, 5.74) is 1.71. The normalized spacial score (nSPS) is 10.5. The molecule has 1 heterocycles. The number of aryl methyl sites for hydroxylation is 2. The fourth-order valence-corrected chi connectivity index (χ4v) is 2.73. The Balaban J connectivity index is 1.67. The van der Waals surface area contributed by atoms with E-state index in [0.717, 1.165) is 10.0 Å². The average Bonchev–Trinajstić information content (AvgIpc) is 2.94. The van der Waals surface area contributed by atoms with Crippen LogP contribution in [0.1, 0.15) is 17.3 Å². The molecule has 24 heavy (non-hydrogen) atoms. The van der Waals surface area contributed by atoms with E-state index in [1.54, 1.807) is 13.0 Å². The standard InChI is InChI=1S/C15H17BrN4O3S/c1-9-5-11(3-4-12(9)16)19-14(21)6-17-15(22)8-24-7-13-18-10(2)23-20-13/h3-5H,6-8H2,1-2H3,(H,17,22)(H,19,21). The van der Waals surface area contributed by atoms with Crippen molar-refractivity contribution in [2.75, 3.05) is 17.6 Å². The Hall–Kier alpha value is -1.87. The van der Waals surface area contributed by atoms with E-state index in [4.69, 9.17) is 4.52 Å². The Morgan fingerprint density at radius 2 is 2.08 bits per heavy atom. The van der Waals surface area contributed by atoms with Crippen molar-refractivity contribution < 1.29 is 14.1 Å². The van der Waals surface area contributed by atoms with Gasteiger partial charge < -0.3 is 15.2 Å². The van der Waals surface area contributed by atoms with Gasteiger partial charge in [0, 0.05) is 17.1 Å². The molecule has 0 fully saturated rings. The molecule has 0 atom stereocenters. The molecule has 0 unspecified atom stereocenters. The van der Waals surface area contributed by atoms with Gasteiger partial charge in [0.05, 0.1) is 18.1 Å². The van der Waals surface area contributed by atoms with Crippen molar-refractivity contribution >= 4 is 45.2 Å². The van der Waals surface area contributed by atoms with E-state index in [9.17, 15) is 9.59 Å². The molecule has 1 aromatic carbocycles. The highest BCUT2D eigenvalue weighted by molar-refractivity contribution is 9.10. The van der Waals surface area contributed by atoms with Crippen LogP contribution in [0.15, 0.2) is 27.2 Å². The third-order valence-electron chi connectivity index (χ3n) is 2.92. The van der Waals surface area contributed by atoms with Crippen molar-refractivity contribution in [3.63, 3.8) is 0 Å². The van der Waals surface area contributed by atoms with Crippen LogP contribution < -0.4 is 10.6 Å². The van der Waals surface area contributed by atoms with Crippen LogP contribution in [0.3, 0.4) is 0 Å². The summed E-state index contributed by atoms with van der Waals surface area (Å²) in [6.45, 7) is 3.57. The molecular formula is C15H17BrN4O3S. The van der Waals surface area contributed by atoms with Gasteiger partial charge >= 0.3 is 0 Å². The highest BCUT2D eigenvalue weighted by Gasteiger charge is 2.08. The monoisotopic (exact) mass is 412 g/mol. The Bertz CT molecular complexity index is 735. The number of hydrogen-bond acceptors (Lipinski definition) is 6. The van der Waals surface area contributed by atoms with E-state index in [2.05, 4.69) is 36.7 Å². The number of rotatable bonds is 7. The first-order chi connectivity index (χ1) is 11.4. The maximum atomic E-state index is 11.8. The number of hydrogen-bond donors (Lipinski definition) is 2. The summed E-state index contributed by atoms with van der Waals surface area (Å²) >= 11 is 4.75. The maximum absolute atomic E-state index is 11.8. The van der Waals surface area contributed by atoms with Crippen LogP contribution in [0.25, 0.3) is 0 Å². The summed E-state index contributed by atoms with van der Waals surface area (Å²) in [4.78, 5) is 27.6. The number of carbonyl (C=O) groups excluding carboxylic acids is 2. The van der Waals surface area contributed by atoms with Crippen LogP contribution in [-0.2, 0) is 15.3 Å². The highest BCUT2D eigenvalue weighted by atomic mass is 79.9. The number of nitrogens with one attached hydrogen (secondary N) is 2. The van der Waals surface area contributed by atoms with Crippen LogP contribution in [0.4, 0.5) is 5.69 Å². The molecule has 0 radical (unpaired) electrons. The van der Waals surface area contributed by atoms with Gasteiger partial charge in [0.25, 0.3) is 0 Å². The largest absolute Gasteiger partial charge is 0.346 e. The van der Waals surface area contributed by atoms with Gasteiger partial charge in [-0.3, -0.25) is 9.59 Å². The minimum absolute atomic E-state index is 0.0736. The first kappa shape index (κ1) is 18.5. The summed E-state index contributed by atoms with van der Waals surface area (Å²) in [7, 11) is 0. The van der Waals surface area contributed by atoms with Gasteiger partial charge in [-0.05, 0) is 30.7 Å². The van der Waals surface area contributed by atoms with Gasteiger partial charge in [0.2, 0.25) is 17.7 Å². The highest BCUT2D eigenvalue weighted by Crippen LogP contribution is 2.19. The van der Waals surface area contributed by atoms with E-state index < -0.39 is 0 Å². The zero-order valence-corrected chi connectivity index (χ0v) is 15.7. The van der Waals surface area contributed by atoms with Gasteiger partial charge in [0.15, 0.2) is 5.82 Å². The Morgan fingerprint density at radius 3 is 2.75 bits per heavy atom. The fourth-order valence-electron chi connectivity index (χ4n) is 1.79. The molecule has 0 spiro atoms. The number of anilines is 1. The molecule has 2 amide bonds. The van der Waals surface area contributed by atoms with Crippen LogP contribution in [0.5, 0.6) is 0 Å². The average molecular weight is 413 g/mol. The summed E-state index contributed by atoms with van der Waals surface area (Å²) in [6, 6.07) is 5.51. The minimum atomic E-state index is -0.274. The third kappa shape index (κ3) is 5.97. The van der Waals surface area contributed by atoms with E-state index in [0.29, 0.717) is 23.2 Å². The number of carbonyl (C=O) groups is 2. The van der Waals surface area contributed by atoms with E-state index in [1.165, 1.54) is 11.8 Å². The van der Waals surface area contributed by atoms with Crippen molar-refractivity contribution in [3.05, 3.63) is 40.0 Å². The zero-order chi connectivity index (χ0) is 17.5. The fraction of sp³-hybridized carbons (Fsp3) is 0.333. The molecule has 128 valence electrons. The molecule has 1 aromatic heterocycles. The second-order valence-electron chi connectivity index (χ2n) is 5.01. The summed E-state index contributed by atoms with van der Waals surface area (Å²) in [5.74, 6) is 1.25. The lowest BCUT2D eigenvalue weighted by molar-refractivity contribution is -0.122. The predicted octanol–water partition coefficient (Wildman–Crippen LogP) is 2.44. The van der Waals surface area contributed by atoms with Crippen LogP contribution in [0.2, 0.25) is 0 Å². The molecule has 2 N–H and O–H groups in total. The Morgan fingerprint density at radius 1 is 1.29 bits per heavy atom. The maximum Gasteiger partial charge on any atom is 0.243 e. The van der Waals surface area contributed by atoms with E-state index in [1.807, 2.05) is 19.1 Å². The third-order valence-corrected chi connectivity index (χ3v) is 4.74. The van der Waals surface area contributed by atoms with Gasteiger partial charge in [0.1, 0.15) is 0 Å². The minimum Gasteiger partial charge on any atom is -0.346 e. The summed E-state index contributed by atoms with van der Waals surface area (Å²) in [5, 5.41) is 9.05. The number of aromatic nitrogens is 2. The molecule has 0 bridgehead atoms.